The van der Waals surface area contributed by atoms with Crippen LogP contribution >= 0.6 is 35.0 Å². The van der Waals surface area contributed by atoms with Crippen LogP contribution in [-0.4, -0.2) is 23.1 Å². The van der Waals surface area contributed by atoms with Gasteiger partial charge in [-0.05, 0) is 24.1 Å². The zero-order valence-corrected chi connectivity index (χ0v) is 14.9. The van der Waals surface area contributed by atoms with E-state index < -0.39 is 0 Å². The van der Waals surface area contributed by atoms with E-state index in [-0.39, 0.29) is 11.3 Å². The van der Waals surface area contributed by atoms with Crippen LogP contribution in [0.1, 0.15) is 22.9 Å². The summed E-state index contributed by atoms with van der Waals surface area (Å²) in [6.45, 7) is 0.766. The van der Waals surface area contributed by atoms with Gasteiger partial charge in [0.15, 0.2) is 0 Å². The second kappa shape index (κ2) is 7.61. The second-order valence-electron chi connectivity index (χ2n) is 5.46. The maximum atomic E-state index is 12.6. The number of nitrogens with zero attached hydrogens (tertiary/aromatic N) is 1. The Kier molecular flexibility index (Phi) is 5.52. The molecule has 23 heavy (non-hydrogen) atoms. The maximum Gasteiger partial charge on any atom is 0.224 e. The summed E-state index contributed by atoms with van der Waals surface area (Å²) >= 11 is 14.0. The van der Waals surface area contributed by atoms with Crippen LogP contribution in [0.3, 0.4) is 0 Å². The molecule has 1 fully saturated rings. The second-order valence-corrected chi connectivity index (χ2v) is 7.49. The average Bonchev–Trinajstić information content (AvgIpc) is 3.03. The number of hydrogen-bond acceptors (Lipinski definition) is 2. The van der Waals surface area contributed by atoms with Crippen LogP contribution in [0.2, 0.25) is 10.0 Å². The first-order valence-corrected chi connectivity index (χ1v) is 9.35. The van der Waals surface area contributed by atoms with Gasteiger partial charge < -0.3 is 4.90 Å². The van der Waals surface area contributed by atoms with Crippen molar-refractivity contribution in [3.8, 4) is 0 Å². The van der Waals surface area contributed by atoms with E-state index in [4.69, 9.17) is 23.2 Å². The van der Waals surface area contributed by atoms with Crippen LogP contribution in [0, 0.1) is 0 Å². The lowest BCUT2D eigenvalue weighted by Crippen LogP contribution is -2.30. The fourth-order valence-electron chi connectivity index (χ4n) is 2.72. The van der Waals surface area contributed by atoms with E-state index in [1.807, 2.05) is 35.2 Å². The van der Waals surface area contributed by atoms with Gasteiger partial charge in [0.1, 0.15) is 5.37 Å². The van der Waals surface area contributed by atoms with E-state index in [9.17, 15) is 4.79 Å². The number of aryl methyl sites for hydroxylation is 1. The highest BCUT2D eigenvalue weighted by molar-refractivity contribution is 7.99. The van der Waals surface area contributed by atoms with Crippen molar-refractivity contribution < 1.29 is 4.79 Å². The number of carbonyl (C=O) groups excluding carboxylic acids is 1. The highest BCUT2D eigenvalue weighted by Crippen LogP contribution is 2.41. The molecule has 2 nitrogen and oxygen atoms in total. The number of hydrogen-bond donors (Lipinski definition) is 0. The van der Waals surface area contributed by atoms with Crippen LogP contribution in [0.5, 0.6) is 0 Å². The predicted molar refractivity (Wildman–Crippen MR) is 98.1 cm³/mol. The number of halogens is 2. The summed E-state index contributed by atoms with van der Waals surface area (Å²) in [5, 5.41) is 1.23. The van der Waals surface area contributed by atoms with Gasteiger partial charge >= 0.3 is 0 Å². The Hall–Kier alpha value is -1.16. The molecule has 1 unspecified atom stereocenters. The largest absolute Gasteiger partial charge is 0.326 e. The van der Waals surface area contributed by atoms with Crippen molar-refractivity contribution >= 4 is 40.9 Å². The van der Waals surface area contributed by atoms with Crippen molar-refractivity contribution in [2.45, 2.75) is 18.2 Å². The monoisotopic (exact) mass is 365 g/mol. The number of benzene rings is 2. The molecule has 1 saturated heterocycles. The van der Waals surface area contributed by atoms with E-state index in [0.29, 0.717) is 16.5 Å². The van der Waals surface area contributed by atoms with Gasteiger partial charge in [-0.15, -0.1) is 11.8 Å². The highest BCUT2D eigenvalue weighted by Gasteiger charge is 2.31. The molecule has 0 bridgehead atoms. The molecule has 1 atom stereocenters. The maximum absolute atomic E-state index is 12.6. The molecule has 1 heterocycles. The lowest BCUT2D eigenvalue weighted by Gasteiger charge is -2.25. The summed E-state index contributed by atoms with van der Waals surface area (Å²) in [6.07, 6.45) is 1.29. The van der Waals surface area contributed by atoms with Crippen LogP contribution in [-0.2, 0) is 11.2 Å². The quantitative estimate of drug-likeness (QED) is 0.741. The van der Waals surface area contributed by atoms with Crippen LogP contribution < -0.4 is 0 Å². The lowest BCUT2D eigenvalue weighted by atomic mass is 10.1. The van der Waals surface area contributed by atoms with Gasteiger partial charge in [-0.1, -0.05) is 59.6 Å². The molecule has 3 rings (SSSR count). The van der Waals surface area contributed by atoms with E-state index in [1.165, 1.54) is 5.56 Å². The zero-order valence-electron chi connectivity index (χ0n) is 12.5. The predicted octanol–water partition coefficient (Wildman–Crippen LogP) is 5.20. The van der Waals surface area contributed by atoms with Crippen molar-refractivity contribution in [2.75, 3.05) is 12.3 Å². The number of rotatable bonds is 4. The average molecular weight is 366 g/mol. The molecule has 120 valence electrons. The molecule has 0 saturated carbocycles. The van der Waals surface area contributed by atoms with E-state index in [1.54, 1.807) is 17.8 Å². The third-order valence-electron chi connectivity index (χ3n) is 3.91. The molecule has 0 aromatic heterocycles. The first kappa shape index (κ1) is 16.7. The molecule has 1 amide bonds. The molecular formula is C18H17Cl2NOS. The van der Waals surface area contributed by atoms with Gasteiger partial charge in [0.05, 0.1) is 0 Å². The van der Waals surface area contributed by atoms with Gasteiger partial charge in [0.2, 0.25) is 5.91 Å². The summed E-state index contributed by atoms with van der Waals surface area (Å²) in [6, 6.07) is 15.6. The Balaban J connectivity index is 1.69. The third-order valence-corrected chi connectivity index (χ3v) is 5.72. The first-order valence-electron chi connectivity index (χ1n) is 7.55. The van der Waals surface area contributed by atoms with Crippen LogP contribution in [0.25, 0.3) is 0 Å². The van der Waals surface area contributed by atoms with Crippen molar-refractivity contribution in [1.82, 2.24) is 4.90 Å². The van der Waals surface area contributed by atoms with Crippen molar-refractivity contribution in [2.24, 2.45) is 0 Å². The molecule has 5 heteroatoms. The summed E-state index contributed by atoms with van der Waals surface area (Å²) in [4.78, 5) is 14.6. The van der Waals surface area contributed by atoms with Gasteiger partial charge in [0.25, 0.3) is 0 Å². The first-order chi connectivity index (χ1) is 11.1. The lowest BCUT2D eigenvalue weighted by molar-refractivity contribution is -0.131. The van der Waals surface area contributed by atoms with Crippen LogP contribution in [0.15, 0.2) is 48.5 Å². The number of carbonyl (C=O) groups is 1. The Morgan fingerprint density at radius 2 is 1.96 bits per heavy atom. The zero-order chi connectivity index (χ0) is 16.2. The molecule has 0 aliphatic carbocycles. The molecule has 1 aliphatic heterocycles. The third kappa shape index (κ3) is 4.03. The summed E-state index contributed by atoms with van der Waals surface area (Å²) in [5.41, 5.74) is 2.15. The Bertz CT molecular complexity index is 693. The highest BCUT2D eigenvalue weighted by atomic mass is 35.5. The van der Waals surface area contributed by atoms with Gasteiger partial charge in [0, 0.05) is 34.3 Å². The number of thioether (sulfide) groups is 1. The Morgan fingerprint density at radius 3 is 2.70 bits per heavy atom. The van der Waals surface area contributed by atoms with E-state index >= 15 is 0 Å². The SMILES string of the molecule is O=C(CCc1ccccc1)N1CCSC1c1ccc(Cl)cc1Cl. The molecule has 1 aliphatic rings. The van der Waals surface area contributed by atoms with E-state index in [2.05, 4.69) is 12.1 Å². The standard InChI is InChI=1S/C18H17Cl2NOS/c19-14-7-8-15(16(20)12-14)18-21(10-11-23-18)17(22)9-6-13-4-2-1-3-5-13/h1-5,7-8,12,18H,6,9-11H2. The molecule has 0 radical (unpaired) electrons. The minimum atomic E-state index is -0.0111. The van der Waals surface area contributed by atoms with Gasteiger partial charge in [-0.2, -0.15) is 0 Å². The number of amides is 1. The molecule has 2 aromatic carbocycles. The minimum absolute atomic E-state index is 0.0111. The van der Waals surface area contributed by atoms with Gasteiger partial charge in [-0.3, -0.25) is 4.79 Å². The Labute approximate surface area is 150 Å². The summed E-state index contributed by atoms with van der Waals surface area (Å²) in [5.74, 6) is 1.11. The molecule has 0 N–H and O–H groups in total. The van der Waals surface area contributed by atoms with E-state index in [0.717, 1.165) is 24.3 Å². The van der Waals surface area contributed by atoms with Crippen LogP contribution in [0.4, 0.5) is 0 Å². The topological polar surface area (TPSA) is 20.3 Å². The summed E-state index contributed by atoms with van der Waals surface area (Å²) in [7, 11) is 0. The smallest absolute Gasteiger partial charge is 0.224 e. The minimum Gasteiger partial charge on any atom is -0.326 e. The molecular weight excluding hydrogens is 349 g/mol. The summed E-state index contributed by atoms with van der Waals surface area (Å²) < 4.78 is 0. The van der Waals surface area contributed by atoms with Crippen molar-refractivity contribution in [3.63, 3.8) is 0 Å². The fourth-order valence-corrected chi connectivity index (χ4v) is 4.61. The van der Waals surface area contributed by atoms with Crippen molar-refractivity contribution in [3.05, 3.63) is 69.7 Å². The fraction of sp³-hybridized carbons (Fsp3) is 0.278. The van der Waals surface area contributed by atoms with Gasteiger partial charge in [-0.25, -0.2) is 0 Å². The molecule has 2 aromatic rings. The normalized spacial score (nSPS) is 17.5. The molecule has 0 spiro atoms. The Morgan fingerprint density at radius 1 is 1.17 bits per heavy atom. The van der Waals surface area contributed by atoms with Crippen molar-refractivity contribution in [1.29, 1.82) is 0 Å².